The van der Waals surface area contributed by atoms with Crippen molar-refractivity contribution in [1.82, 2.24) is 5.01 Å². The summed E-state index contributed by atoms with van der Waals surface area (Å²) >= 11 is 0. The second-order valence-electron chi connectivity index (χ2n) is 9.08. The molecular formula is C30H32N4O3. The van der Waals surface area contributed by atoms with Gasteiger partial charge in [-0.1, -0.05) is 30.3 Å². The van der Waals surface area contributed by atoms with Gasteiger partial charge >= 0.3 is 0 Å². The molecule has 0 radical (unpaired) electrons. The molecule has 7 nitrogen and oxygen atoms in total. The van der Waals surface area contributed by atoms with E-state index in [9.17, 15) is 9.59 Å². The number of hydrazone groups is 1. The number of hydrogen-bond acceptors (Lipinski definition) is 6. The Bertz CT molecular complexity index is 1310. The van der Waals surface area contributed by atoms with E-state index in [1.807, 2.05) is 48.5 Å². The van der Waals surface area contributed by atoms with Gasteiger partial charge in [0.25, 0.3) is 5.91 Å². The predicted octanol–water partition coefficient (Wildman–Crippen LogP) is 5.42. The van der Waals surface area contributed by atoms with Crippen LogP contribution in [0.15, 0.2) is 65.8 Å². The molecule has 2 aliphatic heterocycles. The summed E-state index contributed by atoms with van der Waals surface area (Å²) in [6, 6.07) is 19.9. The highest BCUT2D eigenvalue weighted by Gasteiger charge is 2.57. The van der Waals surface area contributed by atoms with Crippen molar-refractivity contribution in [3.8, 4) is 11.5 Å². The SMILES string of the molecule is CCN(CC)c1ccc2c(c1)Oc1cc(N(CC)CC)ccc1C21c2ccccc2C(=O)N1N=CC=O. The average molecular weight is 497 g/mol. The summed E-state index contributed by atoms with van der Waals surface area (Å²) < 4.78 is 6.61. The quantitative estimate of drug-likeness (QED) is 0.308. The molecule has 0 aromatic heterocycles. The van der Waals surface area contributed by atoms with Crippen molar-refractivity contribution in [3.05, 3.63) is 82.9 Å². The Kier molecular flexibility index (Phi) is 6.46. The summed E-state index contributed by atoms with van der Waals surface area (Å²) in [4.78, 5) is 29.6. The summed E-state index contributed by atoms with van der Waals surface area (Å²) in [6.07, 6.45) is 1.73. The van der Waals surface area contributed by atoms with E-state index >= 15 is 0 Å². The van der Waals surface area contributed by atoms with Crippen LogP contribution in [0.1, 0.15) is 54.7 Å². The topological polar surface area (TPSA) is 65.5 Å². The molecule has 0 aliphatic carbocycles. The molecule has 5 rings (SSSR count). The molecule has 190 valence electrons. The lowest BCUT2D eigenvalue weighted by Crippen LogP contribution is -2.44. The van der Waals surface area contributed by atoms with Gasteiger partial charge in [-0.15, -0.1) is 0 Å². The maximum Gasteiger partial charge on any atom is 0.275 e. The number of benzene rings is 3. The molecule has 2 aliphatic rings. The number of anilines is 2. The van der Waals surface area contributed by atoms with E-state index in [0.717, 1.165) is 60.5 Å². The van der Waals surface area contributed by atoms with Crippen LogP contribution >= 0.6 is 0 Å². The lowest BCUT2D eigenvalue weighted by atomic mass is 9.75. The van der Waals surface area contributed by atoms with Gasteiger partial charge in [0.05, 0.1) is 6.21 Å². The molecule has 3 aromatic carbocycles. The van der Waals surface area contributed by atoms with Crippen LogP contribution in [0.5, 0.6) is 11.5 Å². The van der Waals surface area contributed by atoms with Crippen LogP contribution in [0.3, 0.4) is 0 Å². The van der Waals surface area contributed by atoms with Gasteiger partial charge in [0.2, 0.25) is 0 Å². The van der Waals surface area contributed by atoms with Crippen molar-refractivity contribution in [2.24, 2.45) is 5.10 Å². The van der Waals surface area contributed by atoms with Crippen LogP contribution in [0.25, 0.3) is 0 Å². The van der Waals surface area contributed by atoms with Crippen molar-refractivity contribution in [2.75, 3.05) is 36.0 Å². The first-order valence-electron chi connectivity index (χ1n) is 12.9. The highest BCUT2D eigenvalue weighted by molar-refractivity contribution is 6.13. The van der Waals surface area contributed by atoms with Gasteiger partial charge in [0.1, 0.15) is 17.0 Å². The van der Waals surface area contributed by atoms with Crippen LogP contribution in [-0.2, 0) is 10.3 Å². The van der Waals surface area contributed by atoms with Gasteiger partial charge in [-0.3, -0.25) is 9.59 Å². The van der Waals surface area contributed by atoms with Crippen LogP contribution < -0.4 is 14.5 Å². The fraction of sp³-hybridized carbons (Fsp3) is 0.300. The Hall–Kier alpha value is -4.13. The molecule has 0 fully saturated rings. The molecule has 3 aromatic rings. The molecule has 1 spiro atoms. The minimum absolute atomic E-state index is 0.256. The lowest BCUT2D eigenvalue weighted by Gasteiger charge is -2.42. The van der Waals surface area contributed by atoms with Crippen molar-refractivity contribution in [2.45, 2.75) is 33.2 Å². The first-order valence-corrected chi connectivity index (χ1v) is 12.9. The molecule has 0 unspecified atom stereocenters. The van der Waals surface area contributed by atoms with E-state index in [2.05, 4.69) is 54.7 Å². The normalized spacial score (nSPS) is 14.8. The minimum Gasteiger partial charge on any atom is -0.456 e. The maximum absolute atomic E-state index is 13.8. The van der Waals surface area contributed by atoms with E-state index in [1.165, 1.54) is 5.01 Å². The average Bonchev–Trinajstić information content (AvgIpc) is 3.17. The zero-order valence-electron chi connectivity index (χ0n) is 21.8. The number of ether oxygens (including phenoxy) is 1. The minimum atomic E-state index is -1.07. The van der Waals surface area contributed by atoms with Gasteiger partial charge < -0.3 is 14.5 Å². The Balaban J connectivity index is 1.85. The smallest absolute Gasteiger partial charge is 0.275 e. The van der Waals surface area contributed by atoms with E-state index in [0.29, 0.717) is 23.3 Å². The summed E-state index contributed by atoms with van der Waals surface area (Å²) in [5.74, 6) is 1.09. The van der Waals surface area contributed by atoms with E-state index in [-0.39, 0.29) is 5.91 Å². The Labute approximate surface area is 217 Å². The third-order valence-corrected chi connectivity index (χ3v) is 7.49. The largest absolute Gasteiger partial charge is 0.456 e. The summed E-state index contributed by atoms with van der Waals surface area (Å²) in [5, 5.41) is 5.85. The molecular weight excluding hydrogens is 464 g/mol. The summed E-state index contributed by atoms with van der Waals surface area (Å²) in [6.45, 7) is 11.9. The van der Waals surface area contributed by atoms with E-state index in [4.69, 9.17) is 4.74 Å². The second kappa shape index (κ2) is 9.73. The molecule has 1 amide bonds. The summed E-state index contributed by atoms with van der Waals surface area (Å²) in [5.41, 5.74) is 4.02. The third kappa shape index (κ3) is 3.60. The third-order valence-electron chi connectivity index (χ3n) is 7.49. The fourth-order valence-electron chi connectivity index (χ4n) is 5.74. The number of rotatable bonds is 8. The standard InChI is InChI=1S/C30H32N4O3/c1-5-32(6-2)21-13-15-25-27(19-21)37-28-20-22(33(7-3)8-4)14-16-26(28)30(25)24-12-10-9-11-23(24)29(36)34(30)31-17-18-35/h9-20H,5-8H2,1-4H3. The van der Waals surface area contributed by atoms with Crippen molar-refractivity contribution >= 4 is 29.8 Å². The highest BCUT2D eigenvalue weighted by atomic mass is 16.5. The number of carbonyl (C=O) groups excluding carboxylic acids is 2. The molecule has 0 saturated heterocycles. The van der Waals surface area contributed by atoms with Gasteiger partial charge in [-0.2, -0.15) is 5.10 Å². The van der Waals surface area contributed by atoms with Crippen molar-refractivity contribution < 1.29 is 14.3 Å². The van der Waals surface area contributed by atoms with Crippen LogP contribution in [-0.4, -0.2) is 49.6 Å². The molecule has 0 N–H and O–H groups in total. The number of amides is 1. The highest BCUT2D eigenvalue weighted by Crippen LogP contribution is 2.58. The first-order chi connectivity index (χ1) is 18.0. The Morgan fingerprint density at radius 3 is 1.86 bits per heavy atom. The van der Waals surface area contributed by atoms with Crippen molar-refractivity contribution in [3.63, 3.8) is 0 Å². The Morgan fingerprint density at radius 2 is 1.35 bits per heavy atom. The number of nitrogens with zero attached hydrogens (tertiary/aromatic N) is 4. The van der Waals surface area contributed by atoms with Gasteiger partial charge in [0, 0.05) is 71.9 Å². The zero-order valence-corrected chi connectivity index (χ0v) is 21.8. The van der Waals surface area contributed by atoms with Gasteiger partial charge in [-0.25, -0.2) is 5.01 Å². The zero-order chi connectivity index (χ0) is 26.2. The molecule has 2 heterocycles. The van der Waals surface area contributed by atoms with Crippen LogP contribution in [0.4, 0.5) is 11.4 Å². The monoisotopic (exact) mass is 496 g/mol. The van der Waals surface area contributed by atoms with Gasteiger partial charge in [-0.05, 0) is 45.9 Å². The van der Waals surface area contributed by atoms with E-state index < -0.39 is 5.54 Å². The van der Waals surface area contributed by atoms with Crippen LogP contribution in [0, 0.1) is 0 Å². The van der Waals surface area contributed by atoms with Crippen LogP contribution in [0.2, 0.25) is 0 Å². The second-order valence-corrected chi connectivity index (χ2v) is 9.08. The number of fused-ring (bicyclic) bond motifs is 6. The molecule has 0 saturated carbocycles. The maximum atomic E-state index is 13.8. The number of hydrogen-bond donors (Lipinski definition) is 0. The fourth-order valence-corrected chi connectivity index (χ4v) is 5.74. The lowest BCUT2D eigenvalue weighted by molar-refractivity contribution is -0.102. The van der Waals surface area contributed by atoms with Gasteiger partial charge in [0.15, 0.2) is 6.29 Å². The van der Waals surface area contributed by atoms with Crippen molar-refractivity contribution in [1.29, 1.82) is 0 Å². The molecule has 0 atom stereocenters. The predicted molar refractivity (Wildman–Crippen MR) is 147 cm³/mol. The molecule has 0 bridgehead atoms. The summed E-state index contributed by atoms with van der Waals surface area (Å²) in [7, 11) is 0. The Morgan fingerprint density at radius 1 is 0.811 bits per heavy atom. The van der Waals surface area contributed by atoms with E-state index in [1.54, 1.807) is 0 Å². The number of carbonyl (C=O) groups is 2. The first kappa shape index (κ1) is 24.6. The number of aldehydes is 1. The molecule has 7 heteroatoms. The molecule has 37 heavy (non-hydrogen) atoms.